The number of aliphatic hydroxyl groups is 6. The first kappa shape index (κ1) is 24.6. The van der Waals surface area contributed by atoms with E-state index in [1.807, 2.05) is 0 Å². The highest BCUT2D eigenvalue weighted by Gasteiger charge is 2.43. The molecule has 1 aliphatic rings. The Bertz CT molecular complexity index is 568. The molecule has 0 aromatic carbocycles. The van der Waals surface area contributed by atoms with Gasteiger partial charge in [-0.2, -0.15) is 0 Å². The van der Waals surface area contributed by atoms with E-state index in [9.17, 15) is 20.4 Å². The van der Waals surface area contributed by atoms with Crippen molar-refractivity contribution in [3.63, 3.8) is 0 Å². The summed E-state index contributed by atoms with van der Waals surface area (Å²) in [5.41, 5.74) is 0. The molecule has 1 aliphatic heterocycles. The van der Waals surface area contributed by atoms with Crippen LogP contribution in [0.15, 0.2) is 12.2 Å². The predicted octanol–water partition coefficient (Wildman–Crippen LogP) is -1.33. The van der Waals surface area contributed by atoms with Crippen LogP contribution in [0.4, 0.5) is 0 Å². The maximum absolute atomic E-state index is 9.80. The van der Waals surface area contributed by atoms with Crippen molar-refractivity contribution < 1.29 is 40.1 Å². The Balaban J connectivity index is 2.24. The van der Waals surface area contributed by atoms with Gasteiger partial charge in [0.05, 0.1) is 19.3 Å². The Morgan fingerprint density at radius 2 is 1.79 bits per heavy atom. The van der Waals surface area contributed by atoms with Crippen molar-refractivity contribution >= 4 is 0 Å². The topological polar surface area (TPSA) is 140 Å². The molecular formula is C20H30O8. The van der Waals surface area contributed by atoms with Gasteiger partial charge in [-0.15, -0.1) is 0 Å². The molecule has 8 heteroatoms. The Hall–Kier alpha value is -1.46. The van der Waals surface area contributed by atoms with Gasteiger partial charge in [-0.1, -0.05) is 17.9 Å². The Morgan fingerprint density at radius 1 is 1.00 bits per heavy atom. The molecule has 1 unspecified atom stereocenters. The highest BCUT2D eigenvalue weighted by atomic mass is 16.7. The minimum absolute atomic E-state index is 0.0465. The van der Waals surface area contributed by atoms with Gasteiger partial charge in [-0.05, 0) is 43.6 Å². The van der Waals surface area contributed by atoms with Gasteiger partial charge in [0.2, 0.25) is 0 Å². The zero-order chi connectivity index (χ0) is 20.8. The first-order valence-electron chi connectivity index (χ1n) is 9.35. The molecular weight excluding hydrogens is 368 g/mol. The Morgan fingerprint density at radius 3 is 2.50 bits per heavy atom. The third-order valence-corrected chi connectivity index (χ3v) is 4.18. The Kier molecular flexibility index (Phi) is 12.8. The van der Waals surface area contributed by atoms with Crippen LogP contribution in [-0.4, -0.2) is 87.3 Å². The van der Waals surface area contributed by atoms with Crippen LogP contribution < -0.4 is 0 Å². The maximum Gasteiger partial charge on any atom is 0.187 e. The summed E-state index contributed by atoms with van der Waals surface area (Å²) in [6.45, 7) is -0.321. The lowest BCUT2D eigenvalue weighted by atomic mass is 9.99. The van der Waals surface area contributed by atoms with Gasteiger partial charge in [-0.25, -0.2) is 0 Å². The third kappa shape index (κ3) is 9.16. The molecule has 6 atom stereocenters. The lowest BCUT2D eigenvalue weighted by Crippen LogP contribution is -2.59. The number of ether oxygens (including phenoxy) is 2. The largest absolute Gasteiger partial charge is 0.396 e. The van der Waals surface area contributed by atoms with Gasteiger partial charge in [0.25, 0.3) is 0 Å². The first-order chi connectivity index (χ1) is 13.5. The molecule has 1 fully saturated rings. The predicted molar refractivity (Wildman–Crippen MR) is 101 cm³/mol. The number of unbranched alkanes of at least 4 members (excludes halogenated alkanes) is 1. The molecule has 0 bridgehead atoms. The molecule has 8 nitrogen and oxygen atoms in total. The molecule has 0 aromatic rings. The van der Waals surface area contributed by atoms with Crippen molar-refractivity contribution in [2.75, 3.05) is 19.8 Å². The summed E-state index contributed by atoms with van der Waals surface area (Å²) in [5.74, 6) is 10.8. The third-order valence-electron chi connectivity index (χ3n) is 4.18. The summed E-state index contributed by atoms with van der Waals surface area (Å²) >= 11 is 0. The number of aliphatic hydroxyl groups excluding tert-OH is 6. The number of hydrogen-bond acceptors (Lipinski definition) is 8. The quantitative estimate of drug-likeness (QED) is 0.197. The van der Waals surface area contributed by atoms with E-state index in [-0.39, 0.29) is 13.2 Å². The molecule has 1 rings (SSSR count). The van der Waals surface area contributed by atoms with Crippen LogP contribution in [0.5, 0.6) is 0 Å². The monoisotopic (exact) mass is 398 g/mol. The van der Waals surface area contributed by atoms with Crippen LogP contribution in [0, 0.1) is 23.7 Å². The molecule has 28 heavy (non-hydrogen) atoms. The molecule has 0 aromatic heterocycles. The fourth-order valence-corrected chi connectivity index (χ4v) is 2.52. The van der Waals surface area contributed by atoms with Crippen LogP contribution in [-0.2, 0) is 9.47 Å². The highest BCUT2D eigenvalue weighted by Crippen LogP contribution is 2.21. The van der Waals surface area contributed by atoms with E-state index in [0.717, 1.165) is 6.42 Å². The van der Waals surface area contributed by atoms with Crippen LogP contribution in [0.25, 0.3) is 0 Å². The molecule has 0 spiro atoms. The van der Waals surface area contributed by atoms with E-state index in [0.29, 0.717) is 25.7 Å². The van der Waals surface area contributed by atoms with Gasteiger partial charge >= 0.3 is 0 Å². The van der Waals surface area contributed by atoms with Crippen LogP contribution in [0.1, 0.15) is 32.1 Å². The zero-order valence-electron chi connectivity index (χ0n) is 15.8. The normalized spacial score (nSPS) is 28.3. The fraction of sp³-hybridized carbons (Fsp3) is 0.700. The average molecular weight is 398 g/mol. The number of rotatable bonds is 10. The zero-order valence-corrected chi connectivity index (χ0v) is 15.8. The van der Waals surface area contributed by atoms with Gasteiger partial charge in [0.15, 0.2) is 6.29 Å². The molecule has 0 aliphatic carbocycles. The van der Waals surface area contributed by atoms with Crippen LogP contribution in [0.2, 0.25) is 0 Å². The molecule has 1 saturated heterocycles. The summed E-state index contributed by atoms with van der Waals surface area (Å²) in [6, 6.07) is 0. The standard InChI is InChI=1S/C20H30O8/c21-12-8-7-11-15(23)10-6-4-2-1-3-5-9-13-27-20-19(26)18(25)17(24)16(14-22)28-20/h5,9,15-26H,6-8,10-14H2/b9-5+/t15?,16-,17-,18+,19-,20-/m1/s1. The Labute approximate surface area is 165 Å². The molecule has 0 saturated carbocycles. The summed E-state index contributed by atoms with van der Waals surface area (Å²) in [4.78, 5) is 0. The van der Waals surface area contributed by atoms with Crippen LogP contribution in [0.3, 0.4) is 0 Å². The molecule has 0 amide bonds. The minimum atomic E-state index is -1.47. The van der Waals surface area contributed by atoms with Crippen molar-refractivity contribution in [1.82, 2.24) is 0 Å². The second-order valence-corrected chi connectivity index (χ2v) is 6.42. The smallest absolute Gasteiger partial charge is 0.187 e. The number of allylic oxidation sites excluding steroid dienone is 1. The van der Waals surface area contributed by atoms with Crippen LogP contribution >= 0.6 is 0 Å². The summed E-state index contributed by atoms with van der Waals surface area (Å²) in [6.07, 6.45) is -0.551. The van der Waals surface area contributed by atoms with E-state index >= 15 is 0 Å². The molecule has 1 heterocycles. The van der Waals surface area contributed by atoms with E-state index in [2.05, 4.69) is 23.7 Å². The summed E-state index contributed by atoms with van der Waals surface area (Å²) < 4.78 is 10.5. The molecule has 6 N–H and O–H groups in total. The van der Waals surface area contributed by atoms with Crippen molar-refractivity contribution in [3.05, 3.63) is 12.2 Å². The van der Waals surface area contributed by atoms with Gasteiger partial charge < -0.3 is 40.1 Å². The van der Waals surface area contributed by atoms with E-state index in [1.165, 1.54) is 6.08 Å². The highest BCUT2D eigenvalue weighted by molar-refractivity contribution is 5.30. The summed E-state index contributed by atoms with van der Waals surface area (Å²) in [5, 5.41) is 56.6. The molecule has 0 radical (unpaired) electrons. The minimum Gasteiger partial charge on any atom is -0.396 e. The van der Waals surface area contributed by atoms with E-state index in [4.69, 9.17) is 19.7 Å². The fourth-order valence-electron chi connectivity index (χ4n) is 2.52. The van der Waals surface area contributed by atoms with Crippen molar-refractivity contribution in [3.8, 4) is 23.7 Å². The summed E-state index contributed by atoms with van der Waals surface area (Å²) in [7, 11) is 0. The average Bonchev–Trinajstić information content (AvgIpc) is 2.69. The van der Waals surface area contributed by atoms with Crippen molar-refractivity contribution in [1.29, 1.82) is 0 Å². The van der Waals surface area contributed by atoms with E-state index < -0.39 is 43.4 Å². The lowest BCUT2D eigenvalue weighted by molar-refractivity contribution is -0.298. The van der Waals surface area contributed by atoms with E-state index in [1.54, 1.807) is 6.08 Å². The van der Waals surface area contributed by atoms with Gasteiger partial charge in [0, 0.05) is 13.0 Å². The first-order valence-corrected chi connectivity index (χ1v) is 9.35. The second-order valence-electron chi connectivity index (χ2n) is 6.42. The van der Waals surface area contributed by atoms with Gasteiger partial charge in [-0.3, -0.25) is 0 Å². The lowest BCUT2D eigenvalue weighted by Gasteiger charge is -2.39. The second kappa shape index (κ2) is 14.5. The SMILES string of the molecule is OCCCCC(O)CCC#CC#C/C=C/CO[C@@H]1O[C@H](CO)[C@@H](O)[C@H](O)[C@H]1O. The van der Waals surface area contributed by atoms with Crippen molar-refractivity contribution in [2.45, 2.75) is 68.9 Å². The van der Waals surface area contributed by atoms with Gasteiger partial charge in [0.1, 0.15) is 24.4 Å². The maximum atomic E-state index is 9.80. The molecule has 158 valence electrons. The number of hydrogen-bond donors (Lipinski definition) is 6. The van der Waals surface area contributed by atoms with Crippen molar-refractivity contribution in [2.24, 2.45) is 0 Å².